The van der Waals surface area contributed by atoms with E-state index in [1.54, 1.807) is 13.8 Å². The van der Waals surface area contributed by atoms with Gasteiger partial charge in [0.1, 0.15) is 11.5 Å². The Balaban J connectivity index is 0.000001000. The molecule has 0 fully saturated rings. The minimum Gasteiger partial charge on any atom is -0.508 e. The average Bonchev–Trinajstić information content (AvgIpc) is 1.93. The third-order valence-corrected chi connectivity index (χ3v) is 1.73. The van der Waals surface area contributed by atoms with Gasteiger partial charge in [-0.1, -0.05) is 0 Å². The first-order valence-electron chi connectivity index (χ1n) is 3.11. The number of rotatable bonds is 0. The molecular formula is C8H10O2Y. The number of benzene rings is 1. The van der Waals surface area contributed by atoms with Gasteiger partial charge in [0, 0.05) is 32.7 Å². The van der Waals surface area contributed by atoms with E-state index in [4.69, 9.17) is 10.2 Å². The summed E-state index contributed by atoms with van der Waals surface area (Å²) >= 11 is 0. The largest absolute Gasteiger partial charge is 0.508 e. The van der Waals surface area contributed by atoms with Gasteiger partial charge in [-0.2, -0.15) is 0 Å². The van der Waals surface area contributed by atoms with E-state index in [0.717, 1.165) is 11.1 Å². The molecule has 2 nitrogen and oxygen atoms in total. The maximum atomic E-state index is 9.11. The van der Waals surface area contributed by atoms with Crippen LogP contribution < -0.4 is 0 Å². The zero-order valence-electron chi connectivity index (χ0n) is 6.63. The molecule has 0 spiro atoms. The van der Waals surface area contributed by atoms with Crippen molar-refractivity contribution in [2.24, 2.45) is 0 Å². The van der Waals surface area contributed by atoms with Crippen LogP contribution >= 0.6 is 0 Å². The predicted octanol–water partition coefficient (Wildman–Crippen LogP) is 1.71. The van der Waals surface area contributed by atoms with Crippen LogP contribution in [0.5, 0.6) is 11.5 Å². The van der Waals surface area contributed by atoms with E-state index in [1.165, 1.54) is 12.1 Å². The van der Waals surface area contributed by atoms with Crippen LogP contribution in [0.1, 0.15) is 11.1 Å². The molecule has 0 bridgehead atoms. The SMILES string of the molecule is Cc1c(O)ccc(O)c1C.[Y]. The summed E-state index contributed by atoms with van der Waals surface area (Å²) < 4.78 is 0. The van der Waals surface area contributed by atoms with E-state index >= 15 is 0 Å². The molecule has 0 saturated carbocycles. The summed E-state index contributed by atoms with van der Waals surface area (Å²) in [6, 6.07) is 2.97. The molecule has 2 N–H and O–H groups in total. The molecule has 0 unspecified atom stereocenters. The van der Waals surface area contributed by atoms with Crippen LogP contribution in [0.3, 0.4) is 0 Å². The maximum Gasteiger partial charge on any atom is 0.119 e. The van der Waals surface area contributed by atoms with Gasteiger partial charge in [-0.15, -0.1) is 0 Å². The number of phenolic OH excluding ortho intramolecular Hbond substituents is 2. The predicted molar refractivity (Wildman–Crippen MR) is 39.2 cm³/mol. The molecule has 0 saturated heterocycles. The van der Waals surface area contributed by atoms with Crippen molar-refractivity contribution in [1.29, 1.82) is 0 Å². The normalized spacial score (nSPS) is 8.91. The first-order chi connectivity index (χ1) is 4.63. The summed E-state index contributed by atoms with van der Waals surface area (Å²) in [5.74, 6) is 0.464. The molecule has 1 rings (SSSR count). The Morgan fingerprint density at radius 3 is 1.45 bits per heavy atom. The number of phenols is 2. The molecule has 0 aromatic heterocycles. The Morgan fingerprint density at radius 2 is 1.18 bits per heavy atom. The van der Waals surface area contributed by atoms with Crippen molar-refractivity contribution in [3.05, 3.63) is 23.3 Å². The van der Waals surface area contributed by atoms with Crippen LogP contribution in [0.2, 0.25) is 0 Å². The maximum absolute atomic E-state index is 9.11. The first-order valence-corrected chi connectivity index (χ1v) is 3.11. The van der Waals surface area contributed by atoms with Crippen molar-refractivity contribution in [3.8, 4) is 11.5 Å². The summed E-state index contributed by atoms with van der Waals surface area (Å²) in [5, 5.41) is 18.2. The van der Waals surface area contributed by atoms with Gasteiger partial charge in [0.05, 0.1) is 0 Å². The Labute approximate surface area is 91.1 Å². The fourth-order valence-electron chi connectivity index (χ4n) is 0.792. The molecule has 1 radical (unpaired) electrons. The number of hydrogen-bond acceptors (Lipinski definition) is 2. The molecule has 3 heteroatoms. The molecule has 1 aromatic carbocycles. The third-order valence-electron chi connectivity index (χ3n) is 1.73. The second-order valence-corrected chi connectivity index (χ2v) is 2.35. The Morgan fingerprint density at radius 1 is 0.909 bits per heavy atom. The van der Waals surface area contributed by atoms with Crippen LogP contribution in [0, 0.1) is 13.8 Å². The monoisotopic (exact) mass is 227 g/mol. The van der Waals surface area contributed by atoms with Gasteiger partial charge in [0.25, 0.3) is 0 Å². The Bertz CT molecular complexity index is 232. The molecular weight excluding hydrogens is 217 g/mol. The standard InChI is InChI=1S/C8H10O2.Y/c1-5-6(2)8(10)4-3-7(5)9;/h3-4,9-10H,1-2H3;. The molecule has 0 aliphatic heterocycles. The molecule has 0 amide bonds. The quantitative estimate of drug-likeness (QED) is 0.662. The van der Waals surface area contributed by atoms with Gasteiger partial charge < -0.3 is 10.2 Å². The second kappa shape index (κ2) is 4.08. The zero-order valence-corrected chi connectivity index (χ0v) is 9.46. The van der Waals surface area contributed by atoms with Gasteiger partial charge in [0.2, 0.25) is 0 Å². The topological polar surface area (TPSA) is 40.5 Å². The summed E-state index contributed by atoms with van der Waals surface area (Å²) in [6.45, 7) is 3.54. The Hall–Kier alpha value is -0.0761. The molecule has 1 aromatic rings. The first kappa shape index (κ1) is 10.9. The molecule has 0 heterocycles. The zero-order chi connectivity index (χ0) is 7.72. The van der Waals surface area contributed by atoms with Crippen molar-refractivity contribution < 1.29 is 42.9 Å². The van der Waals surface area contributed by atoms with Gasteiger partial charge in [0.15, 0.2) is 0 Å². The van der Waals surface area contributed by atoms with E-state index in [1.807, 2.05) is 0 Å². The molecule has 0 aliphatic carbocycles. The Kier molecular flexibility index (Phi) is 4.05. The van der Waals surface area contributed by atoms with Crippen molar-refractivity contribution in [2.45, 2.75) is 13.8 Å². The molecule has 0 aliphatic rings. The van der Waals surface area contributed by atoms with Gasteiger partial charge in [-0.3, -0.25) is 0 Å². The number of aromatic hydroxyl groups is 2. The average molecular weight is 227 g/mol. The summed E-state index contributed by atoms with van der Waals surface area (Å²) in [4.78, 5) is 0. The molecule has 11 heavy (non-hydrogen) atoms. The summed E-state index contributed by atoms with van der Waals surface area (Å²) in [5.41, 5.74) is 1.47. The van der Waals surface area contributed by atoms with Crippen LogP contribution in [-0.4, -0.2) is 10.2 Å². The third kappa shape index (κ3) is 2.18. The smallest absolute Gasteiger partial charge is 0.119 e. The van der Waals surface area contributed by atoms with Gasteiger partial charge in [-0.05, 0) is 37.1 Å². The van der Waals surface area contributed by atoms with Crippen LogP contribution in [0.15, 0.2) is 12.1 Å². The fraction of sp³-hybridized carbons (Fsp3) is 0.250. The van der Waals surface area contributed by atoms with E-state index in [9.17, 15) is 0 Å². The summed E-state index contributed by atoms with van der Waals surface area (Å²) in [6.07, 6.45) is 0. The minimum absolute atomic E-state index is 0. The van der Waals surface area contributed by atoms with E-state index < -0.39 is 0 Å². The van der Waals surface area contributed by atoms with Gasteiger partial charge >= 0.3 is 0 Å². The molecule has 0 atom stereocenters. The van der Waals surface area contributed by atoms with Crippen molar-refractivity contribution in [2.75, 3.05) is 0 Å². The van der Waals surface area contributed by atoms with Crippen LogP contribution in [0.25, 0.3) is 0 Å². The van der Waals surface area contributed by atoms with Crippen molar-refractivity contribution in [3.63, 3.8) is 0 Å². The second-order valence-electron chi connectivity index (χ2n) is 2.35. The number of hydrogen-bond donors (Lipinski definition) is 2. The van der Waals surface area contributed by atoms with Crippen LogP contribution in [-0.2, 0) is 32.7 Å². The molecule has 57 valence electrons. The van der Waals surface area contributed by atoms with E-state index in [-0.39, 0.29) is 44.2 Å². The van der Waals surface area contributed by atoms with Crippen molar-refractivity contribution >= 4 is 0 Å². The van der Waals surface area contributed by atoms with Gasteiger partial charge in [-0.25, -0.2) is 0 Å². The van der Waals surface area contributed by atoms with Crippen molar-refractivity contribution in [1.82, 2.24) is 0 Å². The van der Waals surface area contributed by atoms with Crippen LogP contribution in [0.4, 0.5) is 0 Å². The van der Waals surface area contributed by atoms with E-state index in [0.29, 0.717) is 0 Å². The fourth-order valence-corrected chi connectivity index (χ4v) is 0.792. The summed E-state index contributed by atoms with van der Waals surface area (Å²) in [7, 11) is 0. The minimum atomic E-state index is 0. The van der Waals surface area contributed by atoms with E-state index in [2.05, 4.69) is 0 Å².